The first-order valence-electron chi connectivity index (χ1n) is 5.83. The molecule has 0 fully saturated rings. The average molecular weight is 214 g/mol. The second kappa shape index (κ2) is 3.78. The van der Waals surface area contributed by atoms with Crippen molar-refractivity contribution in [3.8, 4) is 0 Å². The van der Waals surface area contributed by atoms with Crippen LogP contribution in [0.4, 0.5) is 0 Å². The third kappa shape index (κ3) is 1.45. The van der Waals surface area contributed by atoms with Gasteiger partial charge in [-0.25, -0.2) is 4.79 Å². The van der Waals surface area contributed by atoms with Gasteiger partial charge in [-0.15, -0.1) is 0 Å². The summed E-state index contributed by atoms with van der Waals surface area (Å²) in [6, 6.07) is 7.72. The minimum atomic E-state index is -0.167. The first-order chi connectivity index (χ1) is 7.86. The molecule has 0 aromatic heterocycles. The van der Waals surface area contributed by atoms with Crippen LogP contribution in [0.25, 0.3) is 0 Å². The van der Waals surface area contributed by atoms with Gasteiger partial charge in [0.1, 0.15) is 6.10 Å². The maximum absolute atomic E-state index is 11.7. The minimum Gasteiger partial charge on any atom is -0.453 e. The zero-order valence-corrected chi connectivity index (χ0v) is 9.06. The van der Waals surface area contributed by atoms with Gasteiger partial charge >= 0.3 is 5.97 Å². The molecule has 2 atom stereocenters. The smallest absolute Gasteiger partial charge is 0.339 e. The van der Waals surface area contributed by atoms with Crippen LogP contribution in [0.3, 0.4) is 0 Å². The molecule has 2 aliphatic rings. The summed E-state index contributed by atoms with van der Waals surface area (Å²) in [5.74, 6) is 0.195. The van der Waals surface area contributed by atoms with Crippen molar-refractivity contribution in [2.75, 3.05) is 0 Å². The van der Waals surface area contributed by atoms with Crippen LogP contribution in [0.5, 0.6) is 0 Å². The van der Waals surface area contributed by atoms with Gasteiger partial charge in [0, 0.05) is 11.5 Å². The maximum atomic E-state index is 11.7. The minimum absolute atomic E-state index is 0.0553. The van der Waals surface area contributed by atoms with E-state index in [1.165, 1.54) is 6.42 Å². The van der Waals surface area contributed by atoms with Gasteiger partial charge in [-0.3, -0.25) is 0 Å². The van der Waals surface area contributed by atoms with E-state index in [1.54, 1.807) is 0 Å². The Morgan fingerprint density at radius 3 is 2.94 bits per heavy atom. The zero-order valence-electron chi connectivity index (χ0n) is 9.06. The Hall–Kier alpha value is -1.57. The third-order valence-corrected chi connectivity index (χ3v) is 3.40. The number of ether oxygens (including phenoxy) is 1. The van der Waals surface area contributed by atoms with Crippen LogP contribution in [0.1, 0.15) is 41.3 Å². The quantitative estimate of drug-likeness (QED) is 0.530. The summed E-state index contributed by atoms with van der Waals surface area (Å²) in [4.78, 5) is 11.7. The first-order valence-corrected chi connectivity index (χ1v) is 5.83. The number of benzene rings is 1. The standard InChI is InChI=1S/C14H14O2/c15-14-12-9-5-4-8-11(12)13(16-14)10-6-2-1-3-7-10/h2,4-6,8-10,13H,1,3,7H2/t10-,13+/m0/s1. The van der Waals surface area contributed by atoms with Gasteiger partial charge < -0.3 is 4.74 Å². The first kappa shape index (κ1) is 9.64. The van der Waals surface area contributed by atoms with Crippen LogP contribution in [-0.2, 0) is 4.74 Å². The van der Waals surface area contributed by atoms with E-state index in [0.717, 1.165) is 24.0 Å². The monoisotopic (exact) mass is 214 g/mol. The van der Waals surface area contributed by atoms with E-state index in [0.29, 0.717) is 5.92 Å². The Balaban J connectivity index is 1.96. The van der Waals surface area contributed by atoms with Gasteiger partial charge in [-0.1, -0.05) is 30.4 Å². The van der Waals surface area contributed by atoms with Crippen LogP contribution >= 0.6 is 0 Å². The molecule has 1 aromatic carbocycles. The molecule has 0 saturated carbocycles. The summed E-state index contributed by atoms with van der Waals surface area (Å²) in [5, 5.41) is 0. The lowest BCUT2D eigenvalue weighted by Crippen LogP contribution is -2.12. The van der Waals surface area contributed by atoms with Crippen LogP contribution in [0.2, 0.25) is 0 Å². The van der Waals surface area contributed by atoms with E-state index in [-0.39, 0.29) is 12.1 Å². The fourth-order valence-electron chi connectivity index (χ4n) is 2.58. The van der Waals surface area contributed by atoms with Gasteiger partial charge in [0.2, 0.25) is 0 Å². The molecule has 3 rings (SSSR count). The number of rotatable bonds is 1. The molecule has 0 bridgehead atoms. The highest BCUT2D eigenvalue weighted by Crippen LogP contribution is 2.39. The Bertz CT molecular complexity index is 448. The predicted molar refractivity (Wildman–Crippen MR) is 61.1 cm³/mol. The summed E-state index contributed by atoms with van der Waals surface area (Å²) >= 11 is 0. The summed E-state index contributed by atoms with van der Waals surface area (Å²) < 4.78 is 5.48. The van der Waals surface area contributed by atoms with Crippen molar-refractivity contribution in [2.24, 2.45) is 5.92 Å². The summed E-state index contributed by atoms with van der Waals surface area (Å²) in [5.41, 5.74) is 1.80. The number of carbonyl (C=O) groups is 1. The van der Waals surface area contributed by atoms with Crippen LogP contribution < -0.4 is 0 Å². The molecule has 1 aliphatic heterocycles. The van der Waals surface area contributed by atoms with Crippen molar-refractivity contribution in [2.45, 2.75) is 25.4 Å². The van der Waals surface area contributed by atoms with Crippen molar-refractivity contribution in [3.05, 3.63) is 47.5 Å². The number of fused-ring (bicyclic) bond motifs is 1. The highest BCUT2D eigenvalue weighted by Gasteiger charge is 2.35. The molecule has 0 unspecified atom stereocenters. The SMILES string of the molecule is O=C1O[C@H]([C@H]2C=CCCC2)c2ccccc21. The topological polar surface area (TPSA) is 26.3 Å². The van der Waals surface area contributed by atoms with Crippen molar-refractivity contribution < 1.29 is 9.53 Å². The molecular formula is C14H14O2. The Labute approximate surface area is 94.9 Å². The van der Waals surface area contributed by atoms with Crippen molar-refractivity contribution >= 4 is 5.97 Å². The molecule has 0 saturated heterocycles. The largest absolute Gasteiger partial charge is 0.453 e. The fraction of sp³-hybridized carbons (Fsp3) is 0.357. The van der Waals surface area contributed by atoms with Crippen molar-refractivity contribution in [3.63, 3.8) is 0 Å². The molecule has 0 N–H and O–H groups in total. The van der Waals surface area contributed by atoms with E-state index in [1.807, 2.05) is 24.3 Å². The molecule has 2 nitrogen and oxygen atoms in total. The number of esters is 1. The molecule has 2 heteroatoms. The maximum Gasteiger partial charge on any atom is 0.339 e. The van der Waals surface area contributed by atoms with E-state index in [4.69, 9.17) is 4.74 Å². The van der Waals surface area contributed by atoms with E-state index < -0.39 is 0 Å². The molecular weight excluding hydrogens is 200 g/mol. The molecule has 0 amide bonds. The van der Waals surface area contributed by atoms with Gasteiger partial charge in [0.05, 0.1) is 5.56 Å². The highest BCUT2D eigenvalue weighted by atomic mass is 16.5. The molecule has 1 heterocycles. The summed E-state index contributed by atoms with van der Waals surface area (Å²) in [7, 11) is 0. The number of hydrogen-bond acceptors (Lipinski definition) is 2. The average Bonchev–Trinajstić information content (AvgIpc) is 2.69. The zero-order chi connectivity index (χ0) is 11.0. The van der Waals surface area contributed by atoms with Crippen molar-refractivity contribution in [1.29, 1.82) is 0 Å². The Morgan fingerprint density at radius 2 is 2.12 bits per heavy atom. The molecule has 1 aliphatic carbocycles. The number of cyclic esters (lactones) is 1. The number of carbonyl (C=O) groups excluding carboxylic acids is 1. The molecule has 82 valence electrons. The number of allylic oxidation sites excluding steroid dienone is 1. The lowest BCUT2D eigenvalue weighted by Gasteiger charge is -2.22. The van der Waals surface area contributed by atoms with Crippen LogP contribution in [0, 0.1) is 5.92 Å². The fourth-order valence-corrected chi connectivity index (χ4v) is 2.58. The van der Waals surface area contributed by atoms with Crippen LogP contribution in [-0.4, -0.2) is 5.97 Å². The van der Waals surface area contributed by atoms with Gasteiger partial charge in [0.25, 0.3) is 0 Å². The molecule has 0 radical (unpaired) electrons. The Morgan fingerprint density at radius 1 is 1.25 bits per heavy atom. The summed E-state index contributed by atoms with van der Waals surface area (Å²) in [6.45, 7) is 0. The summed E-state index contributed by atoms with van der Waals surface area (Å²) in [6.07, 6.45) is 7.80. The molecule has 16 heavy (non-hydrogen) atoms. The lowest BCUT2D eigenvalue weighted by atomic mass is 9.87. The van der Waals surface area contributed by atoms with Crippen molar-refractivity contribution in [1.82, 2.24) is 0 Å². The van der Waals surface area contributed by atoms with Gasteiger partial charge in [-0.2, -0.15) is 0 Å². The van der Waals surface area contributed by atoms with Gasteiger partial charge in [-0.05, 0) is 25.3 Å². The molecule has 0 spiro atoms. The Kier molecular flexibility index (Phi) is 2.28. The van der Waals surface area contributed by atoms with E-state index >= 15 is 0 Å². The number of hydrogen-bond donors (Lipinski definition) is 0. The predicted octanol–water partition coefficient (Wildman–Crippen LogP) is 3.25. The third-order valence-electron chi connectivity index (χ3n) is 3.40. The lowest BCUT2D eigenvalue weighted by molar-refractivity contribution is 0.0277. The van der Waals surface area contributed by atoms with E-state index in [2.05, 4.69) is 12.2 Å². The highest BCUT2D eigenvalue weighted by molar-refractivity contribution is 5.94. The second-order valence-electron chi connectivity index (χ2n) is 4.44. The second-order valence-corrected chi connectivity index (χ2v) is 4.44. The van der Waals surface area contributed by atoms with Crippen LogP contribution in [0.15, 0.2) is 36.4 Å². The van der Waals surface area contributed by atoms with Gasteiger partial charge in [0.15, 0.2) is 0 Å². The van der Waals surface area contributed by atoms with E-state index in [9.17, 15) is 4.79 Å². The molecule has 1 aromatic rings. The normalized spacial score (nSPS) is 27.6.